The highest BCUT2D eigenvalue weighted by Crippen LogP contribution is 2.25. The van der Waals surface area contributed by atoms with Crippen molar-refractivity contribution in [3.63, 3.8) is 0 Å². The van der Waals surface area contributed by atoms with Gasteiger partial charge in [-0.15, -0.1) is 0 Å². The van der Waals surface area contributed by atoms with E-state index >= 15 is 0 Å². The van der Waals surface area contributed by atoms with Gasteiger partial charge >= 0.3 is 0 Å². The van der Waals surface area contributed by atoms with E-state index in [0.717, 1.165) is 25.8 Å². The minimum Gasteiger partial charge on any atom is -0.370 e. The van der Waals surface area contributed by atoms with Crippen molar-refractivity contribution < 1.29 is 8.42 Å². The third-order valence-corrected chi connectivity index (χ3v) is 4.80. The molecule has 0 amide bonds. The fourth-order valence-electron chi connectivity index (χ4n) is 1.90. The average molecular weight is 283 g/mol. The first-order chi connectivity index (χ1) is 9.12. The molecule has 0 unspecified atom stereocenters. The molecular weight excluding hydrogens is 262 g/mol. The summed E-state index contributed by atoms with van der Waals surface area (Å²) in [7, 11) is -3.41. The van der Waals surface area contributed by atoms with Crippen molar-refractivity contribution in [2.24, 2.45) is 5.92 Å². The Morgan fingerprint density at radius 2 is 2.16 bits per heavy atom. The molecule has 1 fully saturated rings. The zero-order valence-electron chi connectivity index (χ0n) is 11.2. The standard InChI is InChI=1S/C13H21N3O2S/c1-2-8-14-13-7-6-12(10-15-13)19(17,18)16-9-11-4-3-5-11/h6-7,10-11,16H,2-5,8-9H2,1H3,(H,14,15). The molecule has 2 rings (SSSR count). The van der Waals surface area contributed by atoms with Crippen molar-refractivity contribution in [1.82, 2.24) is 9.71 Å². The summed E-state index contributed by atoms with van der Waals surface area (Å²) in [6.07, 6.45) is 5.87. The van der Waals surface area contributed by atoms with E-state index in [2.05, 4.69) is 21.9 Å². The third kappa shape index (κ3) is 3.91. The maximum Gasteiger partial charge on any atom is 0.242 e. The van der Waals surface area contributed by atoms with Crippen LogP contribution in [0.25, 0.3) is 0 Å². The van der Waals surface area contributed by atoms with Crippen LogP contribution in [-0.2, 0) is 10.0 Å². The quantitative estimate of drug-likeness (QED) is 0.802. The fraction of sp³-hybridized carbons (Fsp3) is 0.615. The lowest BCUT2D eigenvalue weighted by Crippen LogP contribution is -2.32. The normalized spacial score (nSPS) is 16.1. The molecule has 19 heavy (non-hydrogen) atoms. The van der Waals surface area contributed by atoms with Gasteiger partial charge in [-0.25, -0.2) is 18.1 Å². The van der Waals surface area contributed by atoms with Gasteiger partial charge in [-0.1, -0.05) is 13.3 Å². The summed E-state index contributed by atoms with van der Waals surface area (Å²) in [5.41, 5.74) is 0. The van der Waals surface area contributed by atoms with E-state index in [1.165, 1.54) is 12.6 Å². The summed E-state index contributed by atoms with van der Waals surface area (Å²) in [6.45, 7) is 3.44. The summed E-state index contributed by atoms with van der Waals surface area (Å²) in [5, 5.41) is 3.12. The lowest BCUT2D eigenvalue weighted by atomic mass is 9.86. The van der Waals surface area contributed by atoms with Gasteiger partial charge in [0, 0.05) is 19.3 Å². The largest absolute Gasteiger partial charge is 0.370 e. The number of nitrogens with zero attached hydrogens (tertiary/aromatic N) is 1. The third-order valence-electron chi connectivity index (χ3n) is 3.39. The summed E-state index contributed by atoms with van der Waals surface area (Å²) >= 11 is 0. The van der Waals surface area contributed by atoms with Gasteiger partial charge in [-0.3, -0.25) is 0 Å². The van der Waals surface area contributed by atoms with Gasteiger partial charge < -0.3 is 5.32 Å². The van der Waals surface area contributed by atoms with Crippen LogP contribution in [-0.4, -0.2) is 26.5 Å². The van der Waals surface area contributed by atoms with Crippen LogP contribution < -0.4 is 10.0 Å². The number of pyridine rings is 1. The van der Waals surface area contributed by atoms with Crippen LogP contribution in [0.5, 0.6) is 0 Å². The molecule has 1 saturated carbocycles. The first kappa shape index (κ1) is 14.3. The Bertz CT molecular complexity index is 495. The number of anilines is 1. The molecule has 1 aromatic rings. The molecule has 0 bridgehead atoms. The van der Waals surface area contributed by atoms with Crippen molar-refractivity contribution in [3.05, 3.63) is 18.3 Å². The molecule has 2 N–H and O–H groups in total. The summed E-state index contributed by atoms with van der Waals surface area (Å²) in [4.78, 5) is 4.34. The Labute approximate surface area is 114 Å². The van der Waals surface area contributed by atoms with E-state index in [-0.39, 0.29) is 4.90 Å². The molecule has 1 aliphatic rings. The highest BCUT2D eigenvalue weighted by atomic mass is 32.2. The summed E-state index contributed by atoms with van der Waals surface area (Å²) in [6, 6.07) is 3.29. The zero-order chi connectivity index (χ0) is 13.7. The van der Waals surface area contributed by atoms with Gasteiger partial charge in [0.25, 0.3) is 0 Å². The van der Waals surface area contributed by atoms with Crippen LogP contribution in [0.15, 0.2) is 23.2 Å². The molecule has 0 saturated heterocycles. The zero-order valence-corrected chi connectivity index (χ0v) is 12.0. The SMILES string of the molecule is CCCNc1ccc(S(=O)(=O)NCC2CCC2)cn1. The van der Waals surface area contributed by atoms with Gasteiger partial charge in [-0.2, -0.15) is 0 Å². The number of rotatable bonds is 7. The Kier molecular flexibility index (Phi) is 4.76. The molecule has 6 heteroatoms. The molecule has 0 aromatic carbocycles. The van der Waals surface area contributed by atoms with Crippen molar-refractivity contribution in [1.29, 1.82) is 0 Å². The predicted molar refractivity (Wildman–Crippen MR) is 75.5 cm³/mol. The molecule has 0 aliphatic heterocycles. The Morgan fingerprint density at radius 1 is 1.37 bits per heavy atom. The fourth-order valence-corrected chi connectivity index (χ4v) is 2.97. The van der Waals surface area contributed by atoms with Crippen LogP contribution in [0.1, 0.15) is 32.6 Å². The van der Waals surface area contributed by atoms with Gasteiger partial charge in [0.2, 0.25) is 10.0 Å². The molecule has 0 atom stereocenters. The smallest absolute Gasteiger partial charge is 0.242 e. The molecule has 1 heterocycles. The second kappa shape index (κ2) is 6.34. The number of hydrogen-bond acceptors (Lipinski definition) is 4. The van der Waals surface area contributed by atoms with Crippen molar-refractivity contribution >= 4 is 15.8 Å². The highest BCUT2D eigenvalue weighted by Gasteiger charge is 2.21. The van der Waals surface area contributed by atoms with Crippen LogP contribution in [0.2, 0.25) is 0 Å². The average Bonchev–Trinajstić information content (AvgIpc) is 2.35. The second-order valence-corrected chi connectivity index (χ2v) is 6.72. The summed E-state index contributed by atoms with van der Waals surface area (Å²) in [5.74, 6) is 1.22. The van der Waals surface area contributed by atoms with Gasteiger partial charge in [-0.05, 0) is 37.3 Å². The Hall–Kier alpha value is -1.14. The second-order valence-electron chi connectivity index (χ2n) is 4.95. The van der Waals surface area contributed by atoms with Crippen molar-refractivity contribution in [3.8, 4) is 0 Å². The van der Waals surface area contributed by atoms with Crippen LogP contribution in [0.3, 0.4) is 0 Å². The van der Waals surface area contributed by atoms with Gasteiger partial charge in [0.05, 0.1) is 0 Å². The minimum absolute atomic E-state index is 0.230. The number of hydrogen-bond donors (Lipinski definition) is 2. The monoisotopic (exact) mass is 283 g/mol. The van der Waals surface area contributed by atoms with Crippen molar-refractivity contribution in [2.45, 2.75) is 37.5 Å². The number of nitrogens with one attached hydrogen (secondary N) is 2. The van der Waals surface area contributed by atoms with E-state index < -0.39 is 10.0 Å². The Morgan fingerprint density at radius 3 is 2.68 bits per heavy atom. The molecular formula is C13H21N3O2S. The van der Waals surface area contributed by atoms with E-state index in [1.807, 2.05) is 0 Å². The molecule has 0 spiro atoms. The first-order valence-corrected chi connectivity index (χ1v) is 8.29. The molecule has 0 radical (unpaired) electrons. The Balaban J connectivity index is 1.94. The highest BCUT2D eigenvalue weighted by molar-refractivity contribution is 7.89. The maximum atomic E-state index is 12.0. The number of sulfonamides is 1. The number of aromatic nitrogens is 1. The lowest BCUT2D eigenvalue weighted by molar-refractivity contribution is 0.316. The molecule has 1 aromatic heterocycles. The van der Waals surface area contributed by atoms with Crippen LogP contribution in [0, 0.1) is 5.92 Å². The van der Waals surface area contributed by atoms with Gasteiger partial charge in [0.15, 0.2) is 0 Å². The van der Waals surface area contributed by atoms with Crippen LogP contribution >= 0.6 is 0 Å². The van der Waals surface area contributed by atoms with E-state index in [4.69, 9.17) is 0 Å². The van der Waals surface area contributed by atoms with E-state index in [1.54, 1.807) is 12.1 Å². The maximum absolute atomic E-state index is 12.0. The summed E-state index contributed by atoms with van der Waals surface area (Å²) < 4.78 is 26.7. The first-order valence-electron chi connectivity index (χ1n) is 6.81. The van der Waals surface area contributed by atoms with Crippen LogP contribution in [0.4, 0.5) is 5.82 Å². The van der Waals surface area contributed by atoms with Gasteiger partial charge in [0.1, 0.15) is 10.7 Å². The molecule has 5 nitrogen and oxygen atoms in total. The van der Waals surface area contributed by atoms with E-state index in [0.29, 0.717) is 18.3 Å². The minimum atomic E-state index is -3.41. The van der Waals surface area contributed by atoms with Crippen molar-refractivity contribution in [2.75, 3.05) is 18.4 Å². The van der Waals surface area contributed by atoms with E-state index in [9.17, 15) is 8.42 Å². The topological polar surface area (TPSA) is 71.1 Å². The predicted octanol–water partition coefficient (Wildman–Crippen LogP) is 1.98. The molecule has 1 aliphatic carbocycles. The lowest BCUT2D eigenvalue weighted by Gasteiger charge is -2.25. The molecule has 106 valence electrons.